The quantitative estimate of drug-likeness (QED) is 0.693. The molecule has 1 aliphatic rings. The number of benzene rings is 2. The molecule has 1 aliphatic heterocycles. The Hall–Kier alpha value is -3.28. The zero-order valence-electron chi connectivity index (χ0n) is 19.4. The average molecular weight is 422 g/mol. The Morgan fingerprint density at radius 3 is 2.26 bits per heavy atom. The van der Waals surface area contributed by atoms with Crippen molar-refractivity contribution in [3.05, 3.63) is 58.7 Å². The third kappa shape index (κ3) is 4.58. The summed E-state index contributed by atoms with van der Waals surface area (Å²) in [6.07, 6.45) is 2.39. The van der Waals surface area contributed by atoms with E-state index in [0.29, 0.717) is 24.6 Å². The summed E-state index contributed by atoms with van der Waals surface area (Å²) in [4.78, 5) is 21.5. The number of nitrogens with zero attached hydrogens (tertiary/aromatic N) is 3. The summed E-state index contributed by atoms with van der Waals surface area (Å²) in [5.41, 5.74) is 6.12. The molecular weight excluding hydrogens is 390 g/mol. The molecule has 6 heteroatoms. The third-order valence-corrected chi connectivity index (χ3v) is 5.45. The van der Waals surface area contributed by atoms with Crippen molar-refractivity contribution in [1.29, 1.82) is 0 Å². The maximum absolute atomic E-state index is 12.7. The minimum absolute atomic E-state index is 0.0506. The van der Waals surface area contributed by atoms with Crippen LogP contribution in [0.15, 0.2) is 41.4 Å². The van der Waals surface area contributed by atoms with Gasteiger partial charge in [-0.25, -0.2) is 4.99 Å². The number of ether oxygens (including phenoxy) is 2. The van der Waals surface area contributed by atoms with Crippen LogP contribution >= 0.6 is 0 Å². The molecule has 6 nitrogen and oxygen atoms in total. The summed E-state index contributed by atoms with van der Waals surface area (Å²) in [7, 11) is 5.17. The van der Waals surface area contributed by atoms with Gasteiger partial charge in [0.05, 0.1) is 32.3 Å². The first-order valence-corrected chi connectivity index (χ1v) is 10.4. The highest BCUT2D eigenvalue weighted by molar-refractivity contribution is 6.04. The van der Waals surface area contributed by atoms with Gasteiger partial charge in [0, 0.05) is 25.1 Å². The minimum Gasteiger partial charge on any atom is -0.493 e. The molecule has 2 aromatic rings. The van der Waals surface area contributed by atoms with E-state index in [2.05, 4.69) is 32.9 Å². The van der Waals surface area contributed by atoms with Gasteiger partial charge < -0.3 is 14.4 Å². The lowest BCUT2D eigenvalue weighted by Gasteiger charge is -2.36. The number of amidine groups is 1. The van der Waals surface area contributed by atoms with Gasteiger partial charge in [0.2, 0.25) is 5.91 Å². The van der Waals surface area contributed by atoms with E-state index in [-0.39, 0.29) is 5.91 Å². The standard InChI is InChI=1S/C25H31N3O3/c1-8-24(29)28-15-27(5)23(26-25-17(3)11-16(2)12-18(25)4)14-20(28)19-9-10-21(30-6)22(13-19)31-7/h9-14H,8,15H2,1-7H3. The Kier molecular flexibility index (Phi) is 6.68. The lowest BCUT2D eigenvalue weighted by Crippen LogP contribution is -2.44. The molecule has 0 unspecified atom stereocenters. The zero-order valence-corrected chi connectivity index (χ0v) is 19.4. The van der Waals surface area contributed by atoms with Crippen LogP contribution in [0.2, 0.25) is 0 Å². The van der Waals surface area contributed by atoms with Crippen molar-refractivity contribution >= 4 is 23.1 Å². The lowest BCUT2D eigenvalue weighted by molar-refractivity contribution is -0.128. The van der Waals surface area contributed by atoms with E-state index in [9.17, 15) is 4.79 Å². The third-order valence-electron chi connectivity index (χ3n) is 5.45. The van der Waals surface area contributed by atoms with Crippen LogP contribution in [0.3, 0.4) is 0 Å². The number of carbonyl (C=O) groups excluding carboxylic acids is 1. The van der Waals surface area contributed by atoms with Crippen molar-refractivity contribution in [2.45, 2.75) is 34.1 Å². The van der Waals surface area contributed by atoms with Crippen LogP contribution in [-0.2, 0) is 4.79 Å². The number of likely N-dealkylation sites (N-methyl/N-ethyl adjacent to an activating group) is 1. The molecule has 0 aromatic heterocycles. The molecule has 0 fully saturated rings. The normalized spacial score (nSPS) is 15.2. The van der Waals surface area contributed by atoms with Crippen LogP contribution in [0.5, 0.6) is 11.5 Å². The predicted octanol–water partition coefficient (Wildman–Crippen LogP) is 4.84. The molecule has 31 heavy (non-hydrogen) atoms. The van der Waals surface area contributed by atoms with Crippen LogP contribution in [-0.4, -0.2) is 49.5 Å². The fourth-order valence-corrected chi connectivity index (χ4v) is 3.89. The van der Waals surface area contributed by atoms with E-state index in [1.165, 1.54) is 5.56 Å². The van der Waals surface area contributed by atoms with E-state index in [4.69, 9.17) is 14.5 Å². The molecule has 0 spiro atoms. The van der Waals surface area contributed by atoms with Crippen molar-refractivity contribution in [3.8, 4) is 11.5 Å². The van der Waals surface area contributed by atoms with Gasteiger partial charge >= 0.3 is 0 Å². The Balaban J connectivity index is 2.16. The molecule has 0 aliphatic carbocycles. The van der Waals surface area contributed by atoms with Crippen molar-refractivity contribution in [2.24, 2.45) is 4.99 Å². The molecule has 0 bridgehead atoms. The molecule has 3 rings (SSSR count). The van der Waals surface area contributed by atoms with Gasteiger partial charge in [-0.15, -0.1) is 0 Å². The van der Waals surface area contributed by atoms with E-state index in [1.54, 1.807) is 19.1 Å². The van der Waals surface area contributed by atoms with Gasteiger partial charge in [0.15, 0.2) is 11.5 Å². The van der Waals surface area contributed by atoms with Crippen molar-refractivity contribution in [3.63, 3.8) is 0 Å². The van der Waals surface area contributed by atoms with Gasteiger partial charge in [-0.3, -0.25) is 9.69 Å². The number of rotatable bonds is 5. The summed E-state index contributed by atoms with van der Waals surface area (Å²) < 4.78 is 10.8. The minimum atomic E-state index is 0.0506. The topological polar surface area (TPSA) is 54.4 Å². The lowest BCUT2D eigenvalue weighted by atomic mass is 10.0. The van der Waals surface area contributed by atoms with E-state index in [1.807, 2.05) is 43.1 Å². The first-order chi connectivity index (χ1) is 14.8. The summed E-state index contributed by atoms with van der Waals surface area (Å²) >= 11 is 0. The number of methoxy groups -OCH3 is 2. The molecule has 1 heterocycles. The average Bonchev–Trinajstić information content (AvgIpc) is 2.75. The molecule has 0 atom stereocenters. The SMILES string of the molecule is CCC(=O)N1CN(C)C(=Nc2c(C)cc(C)cc2C)C=C1c1ccc(OC)c(OC)c1. The fourth-order valence-electron chi connectivity index (χ4n) is 3.89. The van der Waals surface area contributed by atoms with Gasteiger partial charge in [-0.2, -0.15) is 0 Å². The number of hydrogen-bond acceptors (Lipinski definition) is 4. The van der Waals surface area contributed by atoms with E-state index >= 15 is 0 Å². The van der Waals surface area contributed by atoms with Crippen LogP contribution in [0.4, 0.5) is 5.69 Å². The highest BCUT2D eigenvalue weighted by Crippen LogP contribution is 2.34. The summed E-state index contributed by atoms with van der Waals surface area (Å²) in [6.45, 7) is 8.54. The van der Waals surface area contributed by atoms with E-state index in [0.717, 1.165) is 33.9 Å². The highest BCUT2D eigenvalue weighted by Gasteiger charge is 2.27. The molecule has 164 valence electrons. The maximum Gasteiger partial charge on any atom is 0.228 e. The van der Waals surface area contributed by atoms with Crippen molar-refractivity contribution in [1.82, 2.24) is 9.80 Å². The van der Waals surface area contributed by atoms with Gasteiger partial charge in [0.25, 0.3) is 0 Å². The molecule has 0 saturated heterocycles. The van der Waals surface area contributed by atoms with Gasteiger partial charge in [0.1, 0.15) is 5.84 Å². The molecule has 0 radical (unpaired) electrons. The summed E-state index contributed by atoms with van der Waals surface area (Å²) in [6, 6.07) is 9.97. The van der Waals surface area contributed by atoms with Crippen LogP contribution in [0.25, 0.3) is 5.70 Å². The van der Waals surface area contributed by atoms with Crippen molar-refractivity contribution < 1.29 is 14.3 Å². The molecular formula is C25H31N3O3. The second kappa shape index (κ2) is 9.25. The predicted molar refractivity (Wildman–Crippen MR) is 125 cm³/mol. The van der Waals surface area contributed by atoms with Crippen LogP contribution in [0.1, 0.15) is 35.6 Å². The number of aryl methyl sites for hydroxylation is 3. The van der Waals surface area contributed by atoms with E-state index < -0.39 is 0 Å². The first-order valence-electron chi connectivity index (χ1n) is 10.4. The Labute approximate surface area is 184 Å². The number of carbonyl (C=O) groups is 1. The zero-order chi connectivity index (χ0) is 22.7. The monoisotopic (exact) mass is 421 g/mol. The Morgan fingerprint density at radius 2 is 1.68 bits per heavy atom. The largest absolute Gasteiger partial charge is 0.493 e. The number of hydrogen-bond donors (Lipinski definition) is 0. The molecule has 2 aromatic carbocycles. The molecule has 0 N–H and O–H groups in total. The van der Waals surface area contributed by atoms with Crippen molar-refractivity contribution in [2.75, 3.05) is 27.9 Å². The second-order valence-corrected chi connectivity index (χ2v) is 7.83. The highest BCUT2D eigenvalue weighted by atomic mass is 16.5. The fraction of sp³-hybridized carbons (Fsp3) is 0.360. The maximum atomic E-state index is 12.7. The molecule has 0 saturated carbocycles. The molecule has 1 amide bonds. The Morgan fingerprint density at radius 1 is 1.03 bits per heavy atom. The van der Waals surface area contributed by atoms with Gasteiger partial charge in [-0.05, 0) is 50.1 Å². The summed E-state index contributed by atoms with van der Waals surface area (Å²) in [5, 5.41) is 0. The Bertz CT molecular complexity index is 1030. The smallest absolute Gasteiger partial charge is 0.228 e. The second-order valence-electron chi connectivity index (χ2n) is 7.83. The number of amides is 1. The summed E-state index contributed by atoms with van der Waals surface area (Å²) in [5.74, 6) is 2.12. The first kappa shape index (κ1) is 22.4. The van der Waals surface area contributed by atoms with Crippen LogP contribution in [0, 0.1) is 20.8 Å². The van der Waals surface area contributed by atoms with Crippen LogP contribution < -0.4 is 9.47 Å². The number of aliphatic imine (C=N–C) groups is 1. The van der Waals surface area contributed by atoms with Gasteiger partial charge in [-0.1, -0.05) is 24.6 Å².